The van der Waals surface area contributed by atoms with Gasteiger partial charge in [0.25, 0.3) is 0 Å². The fourth-order valence-electron chi connectivity index (χ4n) is 1.42. The van der Waals surface area contributed by atoms with Gasteiger partial charge < -0.3 is 4.74 Å². The maximum atomic E-state index is 11.3. The highest BCUT2D eigenvalue weighted by Crippen LogP contribution is 2.22. The summed E-state index contributed by atoms with van der Waals surface area (Å²) in [6.45, 7) is 5.70. The molecule has 0 radical (unpaired) electrons. The Hall–Kier alpha value is -1.64. The minimum Gasteiger partial charge on any atom is -0.494 e. The fraction of sp³-hybridized carbons (Fsp3) is 0.333. The number of ether oxygens (including phenoxy) is 1. The molecule has 0 N–H and O–H groups in total. The third-order valence-corrected chi connectivity index (χ3v) is 2.15. The number of carbonyl (C=O) groups is 2. The molecule has 1 rings (SSSR count). The van der Waals surface area contributed by atoms with E-state index in [2.05, 4.69) is 0 Å². The third-order valence-electron chi connectivity index (χ3n) is 2.15. The Bertz CT molecular complexity index is 394. The van der Waals surface area contributed by atoms with Crippen molar-refractivity contribution in [3.05, 3.63) is 28.8 Å². The van der Waals surface area contributed by atoms with Crippen molar-refractivity contribution in [2.75, 3.05) is 6.61 Å². The van der Waals surface area contributed by atoms with Crippen LogP contribution < -0.4 is 4.74 Å². The molecule has 0 unspecified atom stereocenters. The normalized spacial score (nSPS) is 9.80. The second-order valence-corrected chi connectivity index (χ2v) is 3.31. The lowest BCUT2D eigenvalue weighted by Gasteiger charge is -2.10. The molecule has 0 heterocycles. The zero-order valence-electron chi connectivity index (χ0n) is 9.16. The number of ketones is 1. The summed E-state index contributed by atoms with van der Waals surface area (Å²) in [7, 11) is 0. The average Bonchev–Trinajstić information content (AvgIpc) is 2.20. The molecule has 1 aromatic carbocycles. The minimum atomic E-state index is -0.127. The van der Waals surface area contributed by atoms with Gasteiger partial charge in [0.15, 0.2) is 12.1 Å². The lowest BCUT2D eigenvalue weighted by Crippen LogP contribution is -2.02. The predicted molar refractivity (Wildman–Crippen MR) is 57.7 cm³/mol. The van der Waals surface area contributed by atoms with Gasteiger partial charge in [0.2, 0.25) is 0 Å². The van der Waals surface area contributed by atoms with Crippen molar-refractivity contribution in [1.29, 1.82) is 0 Å². The monoisotopic (exact) mass is 206 g/mol. The van der Waals surface area contributed by atoms with Crippen LogP contribution in [0.15, 0.2) is 12.1 Å². The van der Waals surface area contributed by atoms with Gasteiger partial charge in [-0.3, -0.25) is 9.59 Å². The van der Waals surface area contributed by atoms with Crippen LogP contribution in [0.4, 0.5) is 0 Å². The molecule has 0 saturated carbocycles. The number of rotatable bonds is 4. The van der Waals surface area contributed by atoms with E-state index in [0.717, 1.165) is 5.56 Å². The van der Waals surface area contributed by atoms with E-state index in [-0.39, 0.29) is 5.78 Å². The maximum absolute atomic E-state index is 11.3. The van der Waals surface area contributed by atoms with Crippen LogP contribution in [0, 0.1) is 6.92 Å². The van der Waals surface area contributed by atoms with Crippen molar-refractivity contribution in [1.82, 2.24) is 0 Å². The molecule has 80 valence electrons. The smallest absolute Gasteiger partial charge is 0.160 e. The quantitative estimate of drug-likeness (QED) is 0.561. The number of aldehydes is 1. The van der Waals surface area contributed by atoms with Crippen molar-refractivity contribution in [3.63, 3.8) is 0 Å². The zero-order chi connectivity index (χ0) is 11.4. The molecule has 0 aliphatic rings. The van der Waals surface area contributed by atoms with Crippen molar-refractivity contribution in [3.8, 4) is 5.75 Å². The molecule has 0 aromatic heterocycles. The van der Waals surface area contributed by atoms with E-state index < -0.39 is 0 Å². The molecule has 0 spiro atoms. The Labute approximate surface area is 89.1 Å². The van der Waals surface area contributed by atoms with Gasteiger partial charge in [-0.25, -0.2) is 0 Å². The lowest BCUT2D eigenvalue weighted by molar-refractivity contribution is 0.100. The van der Waals surface area contributed by atoms with E-state index in [1.165, 1.54) is 6.92 Å². The van der Waals surface area contributed by atoms with Crippen LogP contribution >= 0.6 is 0 Å². The lowest BCUT2D eigenvalue weighted by atomic mass is 10.0. The number of hydrogen-bond donors (Lipinski definition) is 0. The standard InChI is InChI=1S/C12H14O3/c1-4-15-12-6-11(9(3)14)10(7-13)5-8(12)2/h5-7H,4H2,1-3H3. The van der Waals surface area contributed by atoms with Crippen LogP contribution in [0.25, 0.3) is 0 Å². The van der Waals surface area contributed by atoms with E-state index in [1.807, 2.05) is 13.8 Å². The van der Waals surface area contributed by atoms with Gasteiger partial charge in [0.05, 0.1) is 6.61 Å². The van der Waals surface area contributed by atoms with Gasteiger partial charge >= 0.3 is 0 Å². The van der Waals surface area contributed by atoms with E-state index >= 15 is 0 Å². The summed E-state index contributed by atoms with van der Waals surface area (Å²) in [4.78, 5) is 22.0. The summed E-state index contributed by atoms with van der Waals surface area (Å²) in [5.41, 5.74) is 1.70. The molecule has 0 aliphatic carbocycles. The molecule has 15 heavy (non-hydrogen) atoms. The number of benzene rings is 1. The topological polar surface area (TPSA) is 43.4 Å². The van der Waals surface area contributed by atoms with Gasteiger partial charge in [0, 0.05) is 11.1 Å². The highest BCUT2D eigenvalue weighted by molar-refractivity contribution is 6.02. The predicted octanol–water partition coefficient (Wildman–Crippen LogP) is 2.41. The van der Waals surface area contributed by atoms with Crippen LogP contribution in [0.3, 0.4) is 0 Å². The summed E-state index contributed by atoms with van der Waals surface area (Å²) >= 11 is 0. The summed E-state index contributed by atoms with van der Waals surface area (Å²) in [6, 6.07) is 3.31. The second-order valence-electron chi connectivity index (χ2n) is 3.31. The second kappa shape index (κ2) is 4.73. The molecule has 0 atom stereocenters. The molecule has 0 bridgehead atoms. The van der Waals surface area contributed by atoms with Crippen molar-refractivity contribution < 1.29 is 14.3 Å². The van der Waals surface area contributed by atoms with E-state index in [4.69, 9.17) is 4.74 Å². The Morgan fingerprint density at radius 2 is 2.13 bits per heavy atom. The molecule has 0 aliphatic heterocycles. The Balaban J connectivity index is 3.29. The van der Waals surface area contributed by atoms with Crippen molar-refractivity contribution >= 4 is 12.1 Å². The first kappa shape index (κ1) is 11.4. The third kappa shape index (κ3) is 2.43. The molecule has 3 heteroatoms. The summed E-state index contributed by atoms with van der Waals surface area (Å²) in [6.07, 6.45) is 0.694. The van der Waals surface area contributed by atoms with Gasteiger partial charge in [0.1, 0.15) is 5.75 Å². The minimum absolute atomic E-state index is 0.127. The Morgan fingerprint density at radius 3 is 2.60 bits per heavy atom. The molecular formula is C12H14O3. The van der Waals surface area contributed by atoms with Crippen LogP contribution in [0.5, 0.6) is 5.75 Å². The first-order chi connectivity index (χ1) is 7.10. The van der Waals surface area contributed by atoms with Gasteiger partial charge in [-0.1, -0.05) is 0 Å². The average molecular weight is 206 g/mol. The summed E-state index contributed by atoms with van der Waals surface area (Å²) in [5, 5.41) is 0. The molecular weight excluding hydrogens is 192 g/mol. The van der Waals surface area contributed by atoms with Crippen LogP contribution in [0.1, 0.15) is 40.1 Å². The van der Waals surface area contributed by atoms with Crippen LogP contribution in [0.2, 0.25) is 0 Å². The summed E-state index contributed by atoms with van der Waals surface area (Å²) in [5.74, 6) is 0.534. The molecule has 3 nitrogen and oxygen atoms in total. The number of aryl methyl sites for hydroxylation is 1. The first-order valence-corrected chi connectivity index (χ1v) is 4.83. The molecule has 0 saturated heterocycles. The Morgan fingerprint density at radius 1 is 1.47 bits per heavy atom. The fourth-order valence-corrected chi connectivity index (χ4v) is 1.42. The summed E-state index contributed by atoms with van der Waals surface area (Å²) < 4.78 is 5.36. The molecule has 1 aromatic rings. The zero-order valence-corrected chi connectivity index (χ0v) is 9.16. The molecule has 0 amide bonds. The Kier molecular flexibility index (Phi) is 3.61. The van der Waals surface area contributed by atoms with E-state index in [0.29, 0.717) is 29.8 Å². The first-order valence-electron chi connectivity index (χ1n) is 4.83. The number of hydrogen-bond acceptors (Lipinski definition) is 3. The molecule has 0 fully saturated rings. The number of Topliss-reactive ketones (excluding diaryl/α,β-unsaturated/α-hetero) is 1. The largest absolute Gasteiger partial charge is 0.494 e. The van der Waals surface area contributed by atoms with Crippen molar-refractivity contribution in [2.24, 2.45) is 0 Å². The number of carbonyl (C=O) groups excluding carboxylic acids is 2. The SMILES string of the molecule is CCOc1cc(C(C)=O)c(C=O)cc1C. The van der Waals surface area contributed by atoms with Crippen LogP contribution in [-0.2, 0) is 0 Å². The highest BCUT2D eigenvalue weighted by atomic mass is 16.5. The van der Waals surface area contributed by atoms with Gasteiger partial charge in [-0.15, -0.1) is 0 Å². The van der Waals surface area contributed by atoms with Gasteiger partial charge in [-0.05, 0) is 38.5 Å². The van der Waals surface area contributed by atoms with E-state index in [9.17, 15) is 9.59 Å². The van der Waals surface area contributed by atoms with Crippen molar-refractivity contribution in [2.45, 2.75) is 20.8 Å². The van der Waals surface area contributed by atoms with Crippen LogP contribution in [-0.4, -0.2) is 18.7 Å². The van der Waals surface area contributed by atoms with E-state index in [1.54, 1.807) is 12.1 Å². The highest BCUT2D eigenvalue weighted by Gasteiger charge is 2.10. The maximum Gasteiger partial charge on any atom is 0.160 e. The van der Waals surface area contributed by atoms with Gasteiger partial charge in [-0.2, -0.15) is 0 Å².